The molecule has 94 valence electrons. The summed E-state index contributed by atoms with van der Waals surface area (Å²) in [5, 5.41) is 2.63. The van der Waals surface area contributed by atoms with E-state index in [1.54, 1.807) is 20.8 Å². The van der Waals surface area contributed by atoms with E-state index in [0.29, 0.717) is 12.8 Å². The summed E-state index contributed by atoms with van der Waals surface area (Å²) >= 11 is 0. The highest BCUT2D eigenvalue weighted by atomic mass is 19.1. The average molecular weight is 232 g/mol. The van der Waals surface area contributed by atoms with E-state index in [1.165, 1.54) is 0 Å². The van der Waals surface area contributed by atoms with E-state index in [0.717, 1.165) is 0 Å². The molecule has 1 rings (SSSR count). The van der Waals surface area contributed by atoms with Crippen LogP contribution in [0.2, 0.25) is 0 Å². The largest absolute Gasteiger partial charge is 0.444 e. The van der Waals surface area contributed by atoms with Gasteiger partial charge in [0.25, 0.3) is 0 Å². The third-order valence-electron chi connectivity index (χ3n) is 2.54. The van der Waals surface area contributed by atoms with Crippen LogP contribution in [0, 0.1) is 0 Å². The number of rotatable bonds is 1. The van der Waals surface area contributed by atoms with Crippen LogP contribution in [0.15, 0.2) is 0 Å². The first-order chi connectivity index (χ1) is 7.28. The summed E-state index contributed by atoms with van der Waals surface area (Å²) in [6, 6.07) is -0.502. The highest BCUT2D eigenvalue weighted by molar-refractivity contribution is 5.68. The van der Waals surface area contributed by atoms with Gasteiger partial charge in [0.05, 0.1) is 6.04 Å². The van der Waals surface area contributed by atoms with Crippen molar-refractivity contribution in [2.24, 2.45) is 5.73 Å². The molecule has 0 aromatic rings. The lowest BCUT2D eigenvalue weighted by atomic mass is 9.90. The van der Waals surface area contributed by atoms with E-state index in [4.69, 9.17) is 10.5 Å². The fourth-order valence-corrected chi connectivity index (χ4v) is 1.77. The fraction of sp³-hybridized carbons (Fsp3) is 0.909. The van der Waals surface area contributed by atoms with Gasteiger partial charge in [0, 0.05) is 12.5 Å². The van der Waals surface area contributed by atoms with Gasteiger partial charge >= 0.3 is 6.09 Å². The second-order valence-corrected chi connectivity index (χ2v) is 5.33. The van der Waals surface area contributed by atoms with Crippen LogP contribution in [0.5, 0.6) is 0 Å². The molecule has 1 saturated carbocycles. The Hall–Kier alpha value is -0.840. The molecule has 5 heteroatoms. The summed E-state index contributed by atoms with van der Waals surface area (Å²) in [6.07, 6.45) is -0.0443. The van der Waals surface area contributed by atoms with Crippen molar-refractivity contribution in [3.05, 3.63) is 0 Å². The first-order valence-electron chi connectivity index (χ1n) is 5.67. The number of carbonyl (C=O) groups is 1. The molecule has 0 spiro atoms. The minimum atomic E-state index is -0.875. The van der Waals surface area contributed by atoms with Crippen LogP contribution in [0.25, 0.3) is 0 Å². The minimum absolute atomic E-state index is 0.181. The van der Waals surface area contributed by atoms with Crippen LogP contribution < -0.4 is 11.1 Å². The van der Waals surface area contributed by atoms with E-state index in [9.17, 15) is 9.18 Å². The molecule has 0 aliphatic heterocycles. The predicted octanol–water partition coefficient (Wildman–Crippen LogP) is 1.73. The Morgan fingerprint density at radius 2 is 2.06 bits per heavy atom. The average Bonchev–Trinajstić information content (AvgIpc) is 2.08. The second-order valence-electron chi connectivity index (χ2n) is 5.33. The van der Waals surface area contributed by atoms with Crippen molar-refractivity contribution in [3.63, 3.8) is 0 Å². The van der Waals surface area contributed by atoms with Gasteiger partial charge in [-0.1, -0.05) is 0 Å². The number of carbonyl (C=O) groups excluding carboxylic acids is 1. The van der Waals surface area contributed by atoms with Gasteiger partial charge in [-0.25, -0.2) is 9.18 Å². The number of nitrogens with one attached hydrogen (secondary N) is 1. The lowest BCUT2D eigenvalue weighted by molar-refractivity contribution is 0.0469. The molecule has 0 saturated heterocycles. The van der Waals surface area contributed by atoms with Crippen LogP contribution in [0.1, 0.15) is 40.0 Å². The van der Waals surface area contributed by atoms with Gasteiger partial charge in [-0.05, 0) is 33.6 Å². The number of hydrogen-bond acceptors (Lipinski definition) is 3. The molecule has 0 aromatic heterocycles. The Kier molecular flexibility index (Phi) is 4.13. The predicted molar refractivity (Wildman–Crippen MR) is 59.9 cm³/mol. The Labute approximate surface area is 95.7 Å². The van der Waals surface area contributed by atoms with Crippen LogP contribution in [0.3, 0.4) is 0 Å². The quantitative estimate of drug-likeness (QED) is 0.723. The molecule has 1 aliphatic carbocycles. The van der Waals surface area contributed by atoms with Gasteiger partial charge in [0.15, 0.2) is 0 Å². The smallest absolute Gasteiger partial charge is 0.407 e. The Morgan fingerprint density at radius 3 is 2.62 bits per heavy atom. The number of amides is 1. The van der Waals surface area contributed by atoms with Crippen LogP contribution >= 0.6 is 0 Å². The van der Waals surface area contributed by atoms with Crippen LogP contribution in [0.4, 0.5) is 9.18 Å². The molecule has 1 fully saturated rings. The second kappa shape index (κ2) is 4.99. The summed E-state index contributed by atoms with van der Waals surface area (Å²) in [5.74, 6) is 0. The van der Waals surface area contributed by atoms with Crippen molar-refractivity contribution in [3.8, 4) is 0 Å². The minimum Gasteiger partial charge on any atom is -0.444 e. The van der Waals surface area contributed by atoms with Crippen LogP contribution in [-0.4, -0.2) is 29.9 Å². The van der Waals surface area contributed by atoms with Crippen molar-refractivity contribution in [1.29, 1.82) is 0 Å². The maximum Gasteiger partial charge on any atom is 0.407 e. The van der Waals surface area contributed by atoms with Crippen molar-refractivity contribution < 1.29 is 13.9 Å². The Bertz CT molecular complexity index is 253. The molecule has 3 atom stereocenters. The molecule has 16 heavy (non-hydrogen) atoms. The van der Waals surface area contributed by atoms with Crippen molar-refractivity contribution in [2.75, 3.05) is 0 Å². The monoisotopic (exact) mass is 232 g/mol. The Balaban J connectivity index is 2.43. The highest BCUT2D eigenvalue weighted by Gasteiger charge is 2.30. The van der Waals surface area contributed by atoms with E-state index in [1.807, 2.05) is 0 Å². The molecule has 1 amide bonds. The van der Waals surface area contributed by atoms with E-state index in [2.05, 4.69) is 5.32 Å². The van der Waals surface area contributed by atoms with E-state index in [-0.39, 0.29) is 18.5 Å². The normalized spacial score (nSPS) is 30.9. The topological polar surface area (TPSA) is 64.3 Å². The number of halogens is 1. The van der Waals surface area contributed by atoms with Crippen molar-refractivity contribution in [1.82, 2.24) is 5.32 Å². The maximum atomic E-state index is 13.1. The number of alkyl halides is 1. The molecule has 4 nitrogen and oxygen atoms in total. The van der Waals surface area contributed by atoms with Gasteiger partial charge in [-0.3, -0.25) is 0 Å². The molecular weight excluding hydrogens is 211 g/mol. The molecule has 0 radical (unpaired) electrons. The van der Waals surface area contributed by atoms with Gasteiger partial charge in [-0.2, -0.15) is 0 Å². The van der Waals surface area contributed by atoms with Gasteiger partial charge in [0.1, 0.15) is 11.8 Å². The van der Waals surface area contributed by atoms with Gasteiger partial charge in [-0.15, -0.1) is 0 Å². The molecule has 0 heterocycles. The lowest BCUT2D eigenvalue weighted by Gasteiger charge is -2.32. The molecule has 0 aromatic carbocycles. The first kappa shape index (κ1) is 13.2. The molecular formula is C11H21FN2O2. The van der Waals surface area contributed by atoms with Crippen molar-refractivity contribution in [2.45, 2.75) is 63.9 Å². The summed E-state index contributed by atoms with van der Waals surface area (Å²) < 4.78 is 18.2. The molecule has 0 unspecified atom stereocenters. The zero-order valence-electron chi connectivity index (χ0n) is 10.1. The summed E-state index contributed by atoms with van der Waals surface area (Å²) in [4.78, 5) is 11.5. The van der Waals surface area contributed by atoms with Gasteiger partial charge < -0.3 is 15.8 Å². The molecule has 1 aliphatic rings. The lowest BCUT2D eigenvalue weighted by Crippen LogP contribution is -2.52. The number of alkyl carbamates (subject to hydrolysis) is 1. The molecule has 0 bridgehead atoms. The van der Waals surface area contributed by atoms with Crippen LogP contribution in [-0.2, 0) is 4.74 Å². The zero-order chi connectivity index (χ0) is 12.3. The highest BCUT2D eigenvalue weighted by Crippen LogP contribution is 2.20. The number of nitrogens with two attached hydrogens (primary N) is 1. The SMILES string of the molecule is CC(C)(C)OC(=O)N[C@@H]1C[C@H](F)CC[C@@H]1N. The zero-order valence-corrected chi connectivity index (χ0v) is 10.1. The Morgan fingerprint density at radius 1 is 1.44 bits per heavy atom. The summed E-state index contributed by atoms with van der Waals surface area (Å²) in [5.41, 5.74) is 5.27. The third kappa shape index (κ3) is 4.35. The van der Waals surface area contributed by atoms with E-state index >= 15 is 0 Å². The summed E-state index contributed by atoms with van der Waals surface area (Å²) in [7, 11) is 0. The van der Waals surface area contributed by atoms with E-state index < -0.39 is 17.9 Å². The van der Waals surface area contributed by atoms with Crippen molar-refractivity contribution >= 4 is 6.09 Å². The maximum absolute atomic E-state index is 13.1. The molecule has 3 N–H and O–H groups in total. The number of ether oxygens (including phenoxy) is 1. The standard InChI is InChI=1S/C11H21FN2O2/c1-11(2,3)16-10(15)14-9-6-7(12)4-5-8(9)13/h7-9H,4-6,13H2,1-3H3,(H,14,15)/t7-,8+,9-/m1/s1. The third-order valence-corrected chi connectivity index (χ3v) is 2.54. The fourth-order valence-electron chi connectivity index (χ4n) is 1.77. The number of hydrogen-bond donors (Lipinski definition) is 2. The summed E-state index contributed by atoms with van der Waals surface area (Å²) in [6.45, 7) is 5.35. The van der Waals surface area contributed by atoms with Gasteiger partial charge in [0.2, 0.25) is 0 Å². The first-order valence-corrected chi connectivity index (χ1v) is 5.67.